The predicted molar refractivity (Wildman–Crippen MR) is 134 cm³/mol. The number of hydrogen-bond acceptors (Lipinski definition) is 6. The summed E-state index contributed by atoms with van der Waals surface area (Å²) in [4.78, 5) is 23.4. The first kappa shape index (κ1) is 25.8. The van der Waals surface area contributed by atoms with E-state index in [1.807, 2.05) is 12.1 Å². The molecule has 13 heteroatoms. The third-order valence-electron chi connectivity index (χ3n) is 5.51. The Kier molecular flexibility index (Phi) is 7.72. The number of rotatable bonds is 5. The number of nitrogens with two attached hydrogens (primary N) is 1. The lowest BCUT2D eigenvalue weighted by Crippen LogP contribution is -2.46. The lowest BCUT2D eigenvalue weighted by atomic mass is 10.1. The summed E-state index contributed by atoms with van der Waals surface area (Å²) in [7, 11) is 0. The molecular formula is C23H22Cl2F3N7O. The Hall–Kier alpha value is -3.28. The van der Waals surface area contributed by atoms with E-state index in [1.54, 1.807) is 35.2 Å². The van der Waals surface area contributed by atoms with Gasteiger partial charge in [0.2, 0.25) is 5.95 Å². The average Bonchev–Trinajstić information content (AvgIpc) is 2.82. The highest BCUT2D eigenvalue weighted by Crippen LogP contribution is 2.30. The maximum atomic E-state index is 13.0. The van der Waals surface area contributed by atoms with Gasteiger partial charge in [-0.2, -0.15) is 18.2 Å². The standard InChI is InChI=1S/C23H22Cl2F3N7O/c24-17-6-5-16(11-18(17)25)31-22(36)30-15-3-1-14(2-4-15)13-34-7-9-35(10-8-34)20-12-19(23(26,27)28)32-21(29)33-20/h1-6,11-12H,7-10,13H2,(H2,29,32,33)(H2,30,31,36). The molecule has 0 aliphatic carbocycles. The van der Waals surface area contributed by atoms with Crippen LogP contribution >= 0.6 is 23.2 Å². The van der Waals surface area contributed by atoms with Gasteiger partial charge in [-0.05, 0) is 35.9 Å². The van der Waals surface area contributed by atoms with Crippen LogP contribution in [0.1, 0.15) is 11.3 Å². The van der Waals surface area contributed by atoms with Crippen LogP contribution in [-0.4, -0.2) is 47.1 Å². The molecule has 0 saturated carbocycles. The molecular weight excluding hydrogens is 518 g/mol. The minimum absolute atomic E-state index is 0.170. The van der Waals surface area contributed by atoms with E-state index in [2.05, 4.69) is 25.5 Å². The second-order valence-electron chi connectivity index (χ2n) is 8.14. The lowest BCUT2D eigenvalue weighted by molar-refractivity contribution is -0.141. The Morgan fingerprint density at radius 2 is 1.56 bits per heavy atom. The van der Waals surface area contributed by atoms with E-state index in [-0.39, 0.29) is 5.82 Å². The van der Waals surface area contributed by atoms with Crippen LogP contribution in [0, 0.1) is 0 Å². The molecule has 1 aliphatic rings. The second-order valence-corrected chi connectivity index (χ2v) is 8.95. The molecule has 0 spiro atoms. The summed E-state index contributed by atoms with van der Waals surface area (Å²) in [6.45, 7) is 2.93. The highest BCUT2D eigenvalue weighted by Gasteiger charge is 2.34. The number of urea groups is 1. The van der Waals surface area contributed by atoms with Gasteiger partial charge >= 0.3 is 12.2 Å². The Morgan fingerprint density at radius 1 is 0.917 bits per heavy atom. The Bertz CT molecular complexity index is 1230. The van der Waals surface area contributed by atoms with Gasteiger partial charge in [0.1, 0.15) is 5.82 Å². The Balaban J connectivity index is 1.28. The Morgan fingerprint density at radius 3 is 2.19 bits per heavy atom. The molecule has 3 aromatic rings. The van der Waals surface area contributed by atoms with Gasteiger partial charge in [0, 0.05) is 50.2 Å². The molecule has 8 nitrogen and oxygen atoms in total. The number of carbonyl (C=O) groups excluding carboxylic acids is 1. The van der Waals surface area contributed by atoms with E-state index in [1.165, 1.54) is 0 Å². The zero-order valence-corrected chi connectivity index (χ0v) is 20.3. The van der Waals surface area contributed by atoms with Crippen molar-refractivity contribution in [3.63, 3.8) is 0 Å². The van der Waals surface area contributed by atoms with Gasteiger partial charge in [-0.1, -0.05) is 35.3 Å². The van der Waals surface area contributed by atoms with Gasteiger partial charge in [0.05, 0.1) is 10.0 Å². The number of aromatic nitrogens is 2. The van der Waals surface area contributed by atoms with E-state index in [9.17, 15) is 18.0 Å². The van der Waals surface area contributed by atoms with Crippen LogP contribution in [0.2, 0.25) is 10.0 Å². The third-order valence-corrected chi connectivity index (χ3v) is 6.25. The minimum Gasteiger partial charge on any atom is -0.368 e. The number of benzene rings is 2. The number of nitrogen functional groups attached to an aromatic ring is 1. The number of anilines is 4. The molecule has 190 valence electrons. The van der Waals surface area contributed by atoms with Crippen molar-refractivity contribution >= 4 is 52.4 Å². The van der Waals surface area contributed by atoms with E-state index in [4.69, 9.17) is 28.9 Å². The zero-order valence-electron chi connectivity index (χ0n) is 18.8. The largest absolute Gasteiger partial charge is 0.433 e. The summed E-state index contributed by atoms with van der Waals surface area (Å²) in [6.07, 6.45) is -4.58. The molecule has 1 aromatic heterocycles. The number of hydrogen-bond donors (Lipinski definition) is 3. The second kappa shape index (κ2) is 10.8. The smallest absolute Gasteiger partial charge is 0.368 e. The van der Waals surface area contributed by atoms with Gasteiger partial charge in [0.15, 0.2) is 5.69 Å². The number of nitrogens with zero attached hydrogens (tertiary/aromatic N) is 4. The number of alkyl halides is 3. The molecule has 0 bridgehead atoms. The van der Waals surface area contributed by atoms with Gasteiger partial charge in [-0.3, -0.25) is 4.90 Å². The number of carbonyl (C=O) groups is 1. The van der Waals surface area contributed by atoms with Crippen molar-refractivity contribution < 1.29 is 18.0 Å². The van der Waals surface area contributed by atoms with Crippen molar-refractivity contribution in [3.05, 3.63) is 69.8 Å². The van der Waals surface area contributed by atoms with Crippen molar-refractivity contribution in [2.45, 2.75) is 12.7 Å². The van der Waals surface area contributed by atoms with Crippen molar-refractivity contribution in [3.8, 4) is 0 Å². The topological polar surface area (TPSA) is 99.4 Å². The molecule has 2 aromatic carbocycles. The fraction of sp³-hybridized carbons (Fsp3) is 0.261. The molecule has 0 atom stereocenters. The van der Waals surface area contributed by atoms with Gasteiger partial charge in [-0.15, -0.1) is 0 Å². The van der Waals surface area contributed by atoms with Gasteiger partial charge in [-0.25, -0.2) is 9.78 Å². The molecule has 36 heavy (non-hydrogen) atoms. The highest BCUT2D eigenvalue weighted by atomic mass is 35.5. The van der Waals surface area contributed by atoms with Crippen LogP contribution in [0.25, 0.3) is 0 Å². The van der Waals surface area contributed by atoms with Gasteiger partial charge in [0.25, 0.3) is 0 Å². The summed E-state index contributed by atoms with van der Waals surface area (Å²) >= 11 is 11.8. The Labute approximate surface area is 215 Å². The average molecular weight is 540 g/mol. The monoisotopic (exact) mass is 539 g/mol. The van der Waals surface area contributed by atoms with Crippen LogP contribution in [0.4, 0.5) is 41.1 Å². The SMILES string of the molecule is Nc1nc(N2CCN(Cc3ccc(NC(=O)Nc4ccc(Cl)c(Cl)c4)cc3)CC2)cc(C(F)(F)F)n1. The predicted octanol–water partition coefficient (Wildman–Crippen LogP) is 5.35. The molecule has 2 heterocycles. The summed E-state index contributed by atoms with van der Waals surface area (Å²) < 4.78 is 39.1. The van der Waals surface area contributed by atoms with E-state index < -0.39 is 23.8 Å². The van der Waals surface area contributed by atoms with Crippen molar-refractivity contribution in [2.75, 3.05) is 47.4 Å². The summed E-state index contributed by atoms with van der Waals surface area (Å²) in [5.41, 5.74) is 6.59. The van der Waals surface area contributed by atoms with Gasteiger partial charge < -0.3 is 21.3 Å². The fourth-order valence-corrected chi connectivity index (χ4v) is 4.01. The van der Waals surface area contributed by atoms with E-state index >= 15 is 0 Å². The van der Waals surface area contributed by atoms with Crippen molar-refractivity contribution in [1.29, 1.82) is 0 Å². The number of piperazine rings is 1. The summed E-state index contributed by atoms with van der Waals surface area (Å²) in [5.74, 6) is -0.231. The number of nitrogens with one attached hydrogen (secondary N) is 2. The summed E-state index contributed by atoms with van der Waals surface area (Å²) in [6, 6.07) is 12.7. The molecule has 0 unspecified atom stereocenters. The van der Waals surface area contributed by atoms with Crippen LogP contribution in [-0.2, 0) is 12.7 Å². The lowest BCUT2D eigenvalue weighted by Gasteiger charge is -2.35. The molecule has 2 amide bonds. The quantitative estimate of drug-likeness (QED) is 0.404. The molecule has 1 saturated heterocycles. The van der Waals surface area contributed by atoms with Crippen LogP contribution in [0.15, 0.2) is 48.5 Å². The maximum absolute atomic E-state index is 13.0. The van der Waals surface area contributed by atoms with Crippen LogP contribution in [0.3, 0.4) is 0 Å². The fourth-order valence-electron chi connectivity index (χ4n) is 3.71. The van der Waals surface area contributed by atoms with E-state index in [0.717, 1.165) is 11.6 Å². The third kappa shape index (κ3) is 6.68. The zero-order chi connectivity index (χ0) is 25.9. The minimum atomic E-state index is -4.58. The number of amides is 2. The normalized spacial score (nSPS) is 14.5. The van der Waals surface area contributed by atoms with Crippen molar-refractivity contribution in [1.82, 2.24) is 14.9 Å². The highest BCUT2D eigenvalue weighted by molar-refractivity contribution is 6.42. The molecule has 0 radical (unpaired) electrons. The van der Waals surface area contributed by atoms with Crippen molar-refractivity contribution in [2.24, 2.45) is 0 Å². The molecule has 4 rings (SSSR count). The van der Waals surface area contributed by atoms with Crippen LogP contribution in [0.5, 0.6) is 0 Å². The molecule has 1 fully saturated rings. The summed E-state index contributed by atoms with van der Waals surface area (Å²) in [5, 5.41) is 6.17. The van der Waals surface area contributed by atoms with E-state index in [0.29, 0.717) is 54.1 Å². The first-order chi connectivity index (χ1) is 17.1. The maximum Gasteiger partial charge on any atom is 0.433 e. The number of halogens is 5. The van der Waals surface area contributed by atoms with Crippen LogP contribution < -0.4 is 21.3 Å². The molecule has 1 aliphatic heterocycles. The first-order valence-corrected chi connectivity index (χ1v) is 11.6. The first-order valence-electron chi connectivity index (χ1n) is 10.9. The molecule has 4 N–H and O–H groups in total.